The van der Waals surface area contributed by atoms with E-state index in [-0.39, 0.29) is 11.2 Å². The van der Waals surface area contributed by atoms with Crippen molar-refractivity contribution in [3.05, 3.63) is 29.8 Å². The van der Waals surface area contributed by atoms with Crippen LogP contribution in [-0.4, -0.2) is 24.7 Å². The number of benzene rings is 1. The van der Waals surface area contributed by atoms with Crippen molar-refractivity contribution in [2.24, 2.45) is 0 Å². The molecule has 1 aliphatic heterocycles. The van der Waals surface area contributed by atoms with E-state index < -0.39 is 17.7 Å². The van der Waals surface area contributed by atoms with Crippen molar-refractivity contribution in [3.63, 3.8) is 0 Å². The van der Waals surface area contributed by atoms with Crippen molar-refractivity contribution in [1.82, 2.24) is 10.6 Å². The summed E-state index contributed by atoms with van der Waals surface area (Å²) in [6.45, 7) is 3.62. The highest BCUT2D eigenvalue weighted by Gasteiger charge is 2.28. The average Bonchev–Trinajstić information content (AvgIpc) is 2.33. The second-order valence-electron chi connectivity index (χ2n) is 5.01. The quantitative estimate of drug-likeness (QED) is 0.771. The molecule has 0 atom stereocenters. The van der Waals surface area contributed by atoms with Gasteiger partial charge in [-0.2, -0.15) is 0 Å². The molecule has 1 heterocycles. The number of halogens is 2. The van der Waals surface area contributed by atoms with E-state index in [9.17, 15) is 13.6 Å². The topological polar surface area (TPSA) is 53.2 Å². The van der Waals surface area contributed by atoms with Gasteiger partial charge < -0.3 is 16.0 Å². The Morgan fingerprint density at radius 3 is 2.63 bits per heavy atom. The highest BCUT2D eigenvalue weighted by atomic mass is 19.1. The first-order valence-electron chi connectivity index (χ1n) is 6.23. The van der Waals surface area contributed by atoms with Gasteiger partial charge in [0.05, 0.1) is 5.69 Å². The predicted molar refractivity (Wildman–Crippen MR) is 69.0 cm³/mol. The monoisotopic (exact) mass is 269 g/mol. The summed E-state index contributed by atoms with van der Waals surface area (Å²) in [4.78, 5) is 11.8. The SMILES string of the molecule is CC1(NC(=O)Nc2ccc(F)cc2F)CCNCC1. The van der Waals surface area contributed by atoms with E-state index in [2.05, 4.69) is 16.0 Å². The van der Waals surface area contributed by atoms with Gasteiger partial charge in [0.25, 0.3) is 0 Å². The third kappa shape index (κ3) is 3.64. The number of piperidine rings is 1. The van der Waals surface area contributed by atoms with Gasteiger partial charge in [0.2, 0.25) is 0 Å². The Balaban J connectivity index is 1.97. The fraction of sp³-hybridized carbons (Fsp3) is 0.462. The maximum absolute atomic E-state index is 13.4. The molecule has 1 aliphatic rings. The number of anilines is 1. The van der Waals surface area contributed by atoms with Crippen LogP contribution in [0.1, 0.15) is 19.8 Å². The number of amides is 2. The fourth-order valence-electron chi connectivity index (χ4n) is 2.12. The largest absolute Gasteiger partial charge is 0.333 e. The van der Waals surface area contributed by atoms with Crippen LogP contribution in [0.25, 0.3) is 0 Å². The summed E-state index contributed by atoms with van der Waals surface area (Å²) < 4.78 is 26.1. The van der Waals surface area contributed by atoms with E-state index >= 15 is 0 Å². The molecule has 0 radical (unpaired) electrons. The normalized spacial score (nSPS) is 17.8. The van der Waals surface area contributed by atoms with Crippen LogP contribution < -0.4 is 16.0 Å². The molecule has 6 heteroatoms. The van der Waals surface area contributed by atoms with E-state index in [0.717, 1.165) is 38.1 Å². The summed E-state index contributed by atoms with van der Waals surface area (Å²) in [5.74, 6) is -1.46. The molecule has 2 rings (SSSR count). The highest BCUT2D eigenvalue weighted by Crippen LogP contribution is 2.18. The van der Waals surface area contributed by atoms with Gasteiger partial charge >= 0.3 is 6.03 Å². The molecular weight excluding hydrogens is 252 g/mol. The number of hydrogen-bond acceptors (Lipinski definition) is 2. The van der Waals surface area contributed by atoms with Gasteiger partial charge in [0.1, 0.15) is 11.6 Å². The number of urea groups is 1. The van der Waals surface area contributed by atoms with Gasteiger partial charge in [-0.05, 0) is 45.0 Å². The molecule has 1 fully saturated rings. The minimum Gasteiger partial charge on any atom is -0.333 e. The molecular formula is C13H17F2N3O. The summed E-state index contributed by atoms with van der Waals surface area (Å²) in [5.41, 5.74) is -0.331. The smallest absolute Gasteiger partial charge is 0.319 e. The Morgan fingerprint density at radius 2 is 2.00 bits per heavy atom. The van der Waals surface area contributed by atoms with Crippen LogP contribution in [0, 0.1) is 11.6 Å². The van der Waals surface area contributed by atoms with Crippen LogP contribution >= 0.6 is 0 Å². The van der Waals surface area contributed by atoms with Crippen molar-refractivity contribution >= 4 is 11.7 Å². The Bertz CT molecular complexity index is 473. The molecule has 4 nitrogen and oxygen atoms in total. The zero-order chi connectivity index (χ0) is 13.9. The Morgan fingerprint density at radius 1 is 1.32 bits per heavy atom. The van der Waals surface area contributed by atoms with Crippen molar-refractivity contribution in [2.75, 3.05) is 18.4 Å². The lowest BCUT2D eigenvalue weighted by atomic mass is 9.91. The minimum absolute atomic E-state index is 0.0311. The van der Waals surface area contributed by atoms with E-state index in [0.29, 0.717) is 0 Å². The van der Waals surface area contributed by atoms with Crippen LogP contribution in [0.3, 0.4) is 0 Å². The lowest BCUT2D eigenvalue weighted by Crippen LogP contribution is -2.53. The van der Waals surface area contributed by atoms with Gasteiger partial charge in [-0.3, -0.25) is 0 Å². The van der Waals surface area contributed by atoms with Crippen LogP contribution in [0.5, 0.6) is 0 Å². The number of carbonyl (C=O) groups is 1. The van der Waals surface area contributed by atoms with E-state index in [1.807, 2.05) is 6.92 Å². The third-order valence-electron chi connectivity index (χ3n) is 3.30. The first-order chi connectivity index (χ1) is 8.98. The molecule has 0 saturated carbocycles. The number of nitrogens with one attached hydrogen (secondary N) is 3. The van der Waals surface area contributed by atoms with Crippen LogP contribution in [-0.2, 0) is 0 Å². The van der Waals surface area contributed by atoms with Gasteiger partial charge in [-0.25, -0.2) is 13.6 Å². The standard InChI is InChI=1S/C13H17F2N3O/c1-13(4-6-16-7-5-13)18-12(19)17-11-3-2-9(14)8-10(11)15/h2-3,8,16H,4-7H2,1H3,(H2,17,18,19). The second-order valence-corrected chi connectivity index (χ2v) is 5.01. The van der Waals surface area contributed by atoms with Gasteiger partial charge in [-0.15, -0.1) is 0 Å². The Hall–Kier alpha value is -1.69. The molecule has 1 saturated heterocycles. The van der Waals surface area contributed by atoms with E-state index in [1.165, 1.54) is 6.07 Å². The van der Waals surface area contributed by atoms with Crippen molar-refractivity contribution < 1.29 is 13.6 Å². The molecule has 1 aromatic carbocycles. The van der Waals surface area contributed by atoms with Crippen molar-refractivity contribution in [1.29, 1.82) is 0 Å². The zero-order valence-corrected chi connectivity index (χ0v) is 10.7. The molecule has 0 spiro atoms. The Labute approximate surface area is 110 Å². The zero-order valence-electron chi connectivity index (χ0n) is 10.7. The van der Waals surface area contributed by atoms with Crippen LogP contribution in [0.15, 0.2) is 18.2 Å². The van der Waals surface area contributed by atoms with Gasteiger partial charge in [0, 0.05) is 11.6 Å². The maximum atomic E-state index is 13.4. The summed E-state index contributed by atoms with van der Waals surface area (Å²) in [5, 5.41) is 8.44. The third-order valence-corrected chi connectivity index (χ3v) is 3.30. The van der Waals surface area contributed by atoms with Gasteiger partial charge in [0.15, 0.2) is 0 Å². The van der Waals surface area contributed by atoms with Crippen LogP contribution in [0.4, 0.5) is 19.3 Å². The second kappa shape index (κ2) is 5.52. The minimum atomic E-state index is -0.786. The van der Waals surface area contributed by atoms with Crippen molar-refractivity contribution in [2.45, 2.75) is 25.3 Å². The fourth-order valence-corrected chi connectivity index (χ4v) is 2.12. The lowest BCUT2D eigenvalue weighted by molar-refractivity contribution is 0.225. The molecule has 0 bridgehead atoms. The number of carbonyl (C=O) groups excluding carboxylic acids is 1. The molecule has 3 N–H and O–H groups in total. The first kappa shape index (κ1) is 13.7. The Kier molecular flexibility index (Phi) is 3.99. The molecule has 0 unspecified atom stereocenters. The average molecular weight is 269 g/mol. The van der Waals surface area contributed by atoms with E-state index in [4.69, 9.17) is 0 Å². The maximum Gasteiger partial charge on any atom is 0.319 e. The van der Waals surface area contributed by atoms with E-state index in [1.54, 1.807) is 0 Å². The molecule has 104 valence electrons. The van der Waals surface area contributed by atoms with Crippen molar-refractivity contribution in [3.8, 4) is 0 Å². The summed E-state index contributed by atoms with van der Waals surface area (Å²) >= 11 is 0. The summed E-state index contributed by atoms with van der Waals surface area (Å²) in [7, 11) is 0. The highest BCUT2D eigenvalue weighted by molar-refractivity contribution is 5.89. The molecule has 0 aromatic heterocycles. The number of rotatable bonds is 2. The summed E-state index contributed by atoms with van der Waals surface area (Å²) in [6.07, 6.45) is 1.62. The molecule has 1 aromatic rings. The first-order valence-corrected chi connectivity index (χ1v) is 6.23. The molecule has 0 aliphatic carbocycles. The van der Waals surface area contributed by atoms with Gasteiger partial charge in [-0.1, -0.05) is 0 Å². The summed E-state index contributed by atoms with van der Waals surface area (Å²) in [6, 6.07) is 2.57. The number of hydrogen-bond donors (Lipinski definition) is 3. The predicted octanol–water partition coefficient (Wildman–Crippen LogP) is 2.23. The molecule has 2 amide bonds. The molecule has 19 heavy (non-hydrogen) atoms. The lowest BCUT2D eigenvalue weighted by Gasteiger charge is -2.34. The van der Waals surface area contributed by atoms with Crippen LogP contribution in [0.2, 0.25) is 0 Å².